The van der Waals surface area contributed by atoms with Crippen molar-refractivity contribution in [3.8, 4) is 0 Å². The van der Waals surface area contributed by atoms with Gasteiger partial charge >= 0.3 is 0 Å². The van der Waals surface area contributed by atoms with E-state index in [0.29, 0.717) is 0 Å². The Morgan fingerprint density at radius 1 is 1.12 bits per heavy atom. The Kier molecular flexibility index (Phi) is 6.31. The van der Waals surface area contributed by atoms with E-state index in [1.54, 1.807) is 5.92 Å². The van der Waals surface area contributed by atoms with Gasteiger partial charge in [0.25, 0.3) is 0 Å². The normalized spacial score (nSPS) is 15.1. The van der Waals surface area contributed by atoms with Gasteiger partial charge in [-0.15, -0.1) is 0 Å². The Morgan fingerprint density at radius 3 is 2.12 bits per heavy atom. The Bertz CT molecular complexity index is 267. The lowest BCUT2D eigenvalue weighted by atomic mass is 9.86. The molecule has 97 valence electrons. The highest BCUT2D eigenvalue weighted by Gasteiger charge is 2.16. The fourth-order valence-corrected chi connectivity index (χ4v) is 2.13. The van der Waals surface area contributed by atoms with Crippen LogP contribution in [0.15, 0.2) is 18.7 Å². The highest BCUT2D eigenvalue weighted by Crippen LogP contribution is 2.26. The molecule has 1 aromatic rings. The molecule has 1 radical (unpaired) electrons. The molecule has 1 rings (SSSR count). The molecule has 0 aliphatic heterocycles. The summed E-state index contributed by atoms with van der Waals surface area (Å²) in [7, 11) is 0. The second-order valence-corrected chi connectivity index (χ2v) is 5.42. The molecule has 0 saturated carbocycles. The molecule has 2 heteroatoms. The van der Waals surface area contributed by atoms with Crippen molar-refractivity contribution in [3.05, 3.63) is 24.6 Å². The molecule has 0 aliphatic carbocycles. The molecule has 1 aromatic heterocycles. The first-order valence-electron chi connectivity index (χ1n) is 6.94. The Morgan fingerprint density at radius 2 is 1.71 bits per heavy atom. The maximum absolute atomic E-state index is 4.12. The lowest BCUT2D eigenvalue weighted by molar-refractivity contribution is 0.423. The number of rotatable bonds is 8. The zero-order valence-corrected chi connectivity index (χ0v) is 11.8. The smallest absolute Gasteiger partial charge is 0.0946 e. The van der Waals surface area contributed by atoms with Crippen LogP contribution in [0, 0.1) is 17.8 Å². The largest absolute Gasteiger partial charge is 0.337 e. The lowest BCUT2D eigenvalue weighted by Crippen LogP contribution is -2.14. The van der Waals surface area contributed by atoms with Crippen molar-refractivity contribution >= 4 is 0 Å². The van der Waals surface area contributed by atoms with Crippen molar-refractivity contribution in [2.24, 2.45) is 11.8 Å². The molecule has 2 nitrogen and oxygen atoms in total. The van der Waals surface area contributed by atoms with Gasteiger partial charge in [-0.3, -0.25) is 0 Å². The third-order valence-corrected chi connectivity index (χ3v) is 3.63. The molecular formula is C15H27N2. The van der Waals surface area contributed by atoms with Crippen molar-refractivity contribution in [3.63, 3.8) is 0 Å². The highest BCUT2D eigenvalue weighted by molar-refractivity contribution is 4.94. The minimum absolute atomic E-state index is 0.803. The number of hydrogen-bond acceptors (Lipinski definition) is 1. The fraction of sp³-hybridized carbons (Fsp3) is 0.733. The molecule has 2 unspecified atom stereocenters. The maximum Gasteiger partial charge on any atom is 0.0946 e. The summed E-state index contributed by atoms with van der Waals surface area (Å²) in [6, 6.07) is 0. The molecule has 0 spiro atoms. The van der Waals surface area contributed by atoms with Gasteiger partial charge in [0, 0.05) is 18.9 Å². The van der Waals surface area contributed by atoms with E-state index in [0.717, 1.165) is 18.4 Å². The van der Waals surface area contributed by atoms with Crippen LogP contribution in [0.2, 0.25) is 0 Å². The first kappa shape index (κ1) is 14.3. The number of imidazole rings is 1. The van der Waals surface area contributed by atoms with Crippen LogP contribution >= 0.6 is 0 Å². The standard InChI is InChI=1S/C15H27N2/c1-5-13(3)9-15(10-14(4)6-2)11-17-8-7-16-12-17/h7-8,12-14H,5-6,9-11H2,1-4H3. The molecule has 1 heterocycles. The second kappa shape index (κ2) is 7.52. The summed E-state index contributed by atoms with van der Waals surface area (Å²) in [6.07, 6.45) is 10.9. The van der Waals surface area contributed by atoms with Crippen LogP contribution in [-0.4, -0.2) is 9.55 Å². The average molecular weight is 235 g/mol. The molecule has 2 atom stereocenters. The predicted molar refractivity (Wildman–Crippen MR) is 73.6 cm³/mol. The topological polar surface area (TPSA) is 17.8 Å². The van der Waals surface area contributed by atoms with Crippen LogP contribution in [0.1, 0.15) is 53.4 Å². The number of nitrogens with zero attached hydrogens (tertiary/aromatic N) is 2. The molecule has 0 amide bonds. The van der Waals surface area contributed by atoms with Gasteiger partial charge in [0.05, 0.1) is 6.33 Å². The van der Waals surface area contributed by atoms with Gasteiger partial charge < -0.3 is 4.57 Å². The van der Waals surface area contributed by atoms with Crippen molar-refractivity contribution in [2.75, 3.05) is 0 Å². The minimum Gasteiger partial charge on any atom is -0.337 e. The van der Waals surface area contributed by atoms with Crippen molar-refractivity contribution < 1.29 is 0 Å². The van der Waals surface area contributed by atoms with E-state index >= 15 is 0 Å². The van der Waals surface area contributed by atoms with E-state index in [4.69, 9.17) is 0 Å². The summed E-state index contributed by atoms with van der Waals surface area (Å²) in [4.78, 5) is 4.12. The third kappa shape index (κ3) is 5.38. The molecular weight excluding hydrogens is 208 g/mol. The summed E-state index contributed by atoms with van der Waals surface area (Å²) in [5, 5.41) is 0. The number of hydrogen-bond donors (Lipinski definition) is 0. The first-order valence-corrected chi connectivity index (χ1v) is 6.94. The van der Waals surface area contributed by atoms with E-state index in [1.807, 2.05) is 12.5 Å². The SMILES string of the molecule is CCC(C)C[C](CC(C)CC)Cn1ccnc1. The van der Waals surface area contributed by atoms with Gasteiger partial charge in [-0.25, -0.2) is 4.98 Å². The average Bonchev–Trinajstić information content (AvgIpc) is 2.81. The summed E-state index contributed by atoms with van der Waals surface area (Å²) in [5.74, 6) is 3.28. The Balaban J connectivity index is 2.52. The van der Waals surface area contributed by atoms with E-state index in [2.05, 4.69) is 43.4 Å². The monoisotopic (exact) mass is 235 g/mol. The molecule has 0 fully saturated rings. The third-order valence-electron chi connectivity index (χ3n) is 3.63. The van der Waals surface area contributed by atoms with Crippen LogP contribution in [-0.2, 0) is 6.54 Å². The molecule has 0 N–H and O–H groups in total. The maximum atomic E-state index is 4.12. The molecule has 0 bridgehead atoms. The highest BCUT2D eigenvalue weighted by atomic mass is 15.0. The molecule has 0 saturated heterocycles. The van der Waals surface area contributed by atoms with E-state index in [-0.39, 0.29) is 0 Å². The van der Waals surface area contributed by atoms with Crippen molar-refractivity contribution in [1.82, 2.24) is 9.55 Å². The summed E-state index contributed by atoms with van der Waals surface area (Å²) < 4.78 is 2.19. The number of aromatic nitrogens is 2. The summed E-state index contributed by atoms with van der Waals surface area (Å²) >= 11 is 0. The van der Waals surface area contributed by atoms with E-state index in [9.17, 15) is 0 Å². The fourth-order valence-electron chi connectivity index (χ4n) is 2.13. The summed E-state index contributed by atoms with van der Waals surface area (Å²) in [6.45, 7) is 10.3. The van der Waals surface area contributed by atoms with Gasteiger partial charge in [-0.2, -0.15) is 0 Å². The van der Waals surface area contributed by atoms with Gasteiger partial charge in [0.2, 0.25) is 0 Å². The van der Waals surface area contributed by atoms with Gasteiger partial charge in [-0.1, -0.05) is 40.5 Å². The Hall–Kier alpha value is -0.790. The van der Waals surface area contributed by atoms with Gasteiger partial charge in [0.15, 0.2) is 0 Å². The van der Waals surface area contributed by atoms with Crippen LogP contribution in [0.3, 0.4) is 0 Å². The van der Waals surface area contributed by atoms with E-state index in [1.165, 1.54) is 25.7 Å². The van der Waals surface area contributed by atoms with E-state index < -0.39 is 0 Å². The Labute approximate surface area is 106 Å². The lowest BCUT2D eigenvalue weighted by Gasteiger charge is -2.23. The van der Waals surface area contributed by atoms with Crippen molar-refractivity contribution in [2.45, 2.75) is 59.9 Å². The molecule has 0 aliphatic rings. The van der Waals surface area contributed by atoms with Gasteiger partial charge in [0.1, 0.15) is 0 Å². The first-order chi connectivity index (χ1) is 8.15. The minimum atomic E-state index is 0.803. The predicted octanol–water partition coefficient (Wildman–Crippen LogP) is 4.33. The zero-order valence-electron chi connectivity index (χ0n) is 11.8. The zero-order chi connectivity index (χ0) is 12.7. The summed E-state index contributed by atoms with van der Waals surface area (Å²) in [5.41, 5.74) is 0. The van der Waals surface area contributed by atoms with Gasteiger partial charge in [-0.05, 0) is 30.6 Å². The van der Waals surface area contributed by atoms with Crippen LogP contribution in [0.5, 0.6) is 0 Å². The van der Waals surface area contributed by atoms with Crippen LogP contribution < -0.4 is 0 Å². The van der Waals surface area contributed by atoms with Crippen LogP contribution in [0.25, 0.3) is 0 Å². The molecule has 0 aromatic carbocycles. The quantitative estimate of drug-likeness (QED) is 0.655. The van der Waals surface area contributed by atoms with Crippen LogP contribution in [0.4, 0.5) is 0 Å². The second-order valence-electron chi connectivity index (χ2n) is 5.42. The van der Waals surface area contributed by atoms with Crippen molar-refractivity contribution in [1.29, 1.82) is 0 Å². The molecule has 17 heavy (non-hydrogen) atoms.